The van der Waals surface area contributed by atoms with Gasteiger partial charge in [-0.25, -0.2) is 0 Å². The van der Waals surface area contributed by atoms with Gasteiger partial charge < -0.3 is 13.9 Å². The molecule has 5 rings (SSSR count). The molecule has 8 nitrogen and oxygen atoms in total. The molecule has 1 amide bonds. The van der Waals surface area contributed by atoms with Crippen molar-refractivity contribution in [2.45, 2.75) is 64.2 Å². The molecule has 1 aliphatic carbocycles. The van der Waals surface area contributed by atoms with Gasteiger partial charge in [0.25, 0.3) is 5.89 Å². The zero-order chi connectivity index (χ0) is 22.1. The molecule has 2 aliphatic rings. The van der Waals surface area contributed by atoms with Crippen LogP contribution in [0.4, 0.5) is 0 Å². The number of aromatic nitrogens is 4. The topological polar surface area (TPSA) is 98.2 Å². The number of pyridine rings is 1. The SMILES string of the molecule is Cc1noc(C)c1CCC(=O)N1CCCC(CC2CC2)(c2noc(-c3cccnc3)n2)C1. The van der Waals surface area contributed by atoms with Crippen LogP contribution >= 0.6 is 0 Å². The summed E-state index contributed by atoms with van der Waals surface area (Å²) in [5.74, 6) is 2.87. The van der Waals surface area contributed by atoms with Crippen molar-refractivity contribution in [1.82, 2.24) is 25.2 Å². The lowest BCUT2D eigenvalue weighted by Crippen LogP contribution is -2.49. The fourth-order valence-corrected chi connectivity index (χ4v) is 4.95. The van der Waals surface area contributed by atoms with Gasteiger partial charge in [-0.3, -0.25) is 9.78 Å². The maximum Gasteiger partial charge on any atom is 0.259 e. The number of piperidine rings is 1. The van der Waals surface area contributed by atoms with Gasteiger partial charge in [0.1, 0.15) is 5.76 Å². The number of hydrogen-bond donors (Lipinski definition) is 0. The van der Waals surface area contributed by atoms with Crippen LogP contribution in [0.2, 0.25) is 0 Å². The van der Waals surface area contributed by atoms with Crippen LogP contribution in [-0.2, 0) is 16.6 Å². The first-order valence-corrected chi connectivity index (χ1v) is 11.5. The fraction of sp³-hybridized carbons (Fsp3) is 0.542. The summed E-state index contributed by atoms with van der Waals surface area (Å²) in [5, 5.41) is 8.41. The van der Waals surface area contributed by atoms with Gasteiger partial charge in [-0.15, -0.1) is 0 Å². The highest BCUT2D eigenvalue weighted by Gasteiger charge is 2.45. The molecule has 4 heterocycles. The molecule has 0 bridgehead atoms. The van der Waals surface area contributed by atoms with Crippen molar-refractivity contribution >= 4 is 5.91 Å². The number of nitrogens with zero attached hydrogens (tertiary/aromatic N) is 5. The van der Waals surface area contributed by atoms with E-state index in [1.54, 1.807) is 12.4 Å². The van der Waals surface area contributed by atoms with Crippen LogP contribution in [0.1, 0.15) is 61.4 Å². The molecular formula is C24H29N5O3. The van der Waals surface area contributed by atoms with Crippen LogP contribution in [0, 0.1) is 19.8 Å². The molecule has 1 saturated heterocycles. The summed E-state index contributed by atoms with van der Waals surface area (Å²) >= 11 is 0. The van der Waals surface area contributed by atoms with Crippen molar-refractivity contribution in [3.63, 3.8) is 0 Å². The number of carbonyl (C=O) groups excluding carboxylic acids is 1. The Bertz CT molecular complexity index is 1070. The molecule has 1 atom stereocenters. The van der Waals surface area contributed by atoms with Gasteiger partial charge in [-0.05, 0) is 57.6 Å². The maximum absolute atomic E-state index is 13.2. The smallest absolute Gasteiger partial charge is 0.259 e. The Morgan fingerprint density at radius 3 is 2.84 bits per heavy atom. The molecule has 0 radical (unpaired) electrons. The Balaban J connectivity index is 1.34. The molecule has 1 unspecified atom stereocenters. The van der Waals surface area contributed by atoms with E-state index in [0.717, 1.165) is 54.2 Å². The van der Waals surface area contributed by atoms with E-state index >= 15 is 0 Å². The number of amides is 1. The van der Waals surface area contributed by atoms with Crippen LogP contribution in [0.15, 0.2) is 33.6 Å². The second-order valence-corrected chi connectivity index (χ2v) is 9.31. The van der Waals surface area contributed by atoms with E-state index in [2.05, 4.69) is 15.3 Å². The van der Waals surface area contributed by atoms with Crippen molar-refractivity contribution in [3.8, 4) is 11.5 Å². The van der Waals surface area contributed by atoms with Gasteiger partial charge in [-0.2, -0.15) is 4.98 Å². The predicted molar refractivity (Wildman–Crippen MR) is 117 cm³/mol. The Morgan fingerprint density at radius 2 is 2.12 bits per heavy atom. The van der Waals surface area contributed by atoms with Crippen LogP contribution < -0.4 is 0 Å². The third kappa shape index (κ3) is 4.18. The zero-order valence-corrected chi connectivity index (χ0v) is 18.7. The van der Waals surface area contributed by atoms with Crippen molar-refractivity contribution in [1.29, 1.82) is 0 Å². The van der Waals surface area contributed by atoms with Crippen LogP contribution in [0.5, 0.6) is 0 Å². The van der Waals surface area contributed by atoms with Crippen LogP contribution in [0.25, 0.3) is 11.5 Å². The molecule has 1 aliphatic heterocycles. The molecule has 8 heteroatoms. The summed E-state index contributed by atoms with van der Waals surface area (Å²) in [6, 6.07) is 3.78. The standard InChI is InChI=1S/C24H29N5O3/c1-16-20(17(2)31-27-16)8-9-21(30)29-12-4-10-24(15-29,13-18-6-7-18)23-26-22(32-28-23)19-5-3-11-25-14-19/h3,5,11,14,18H,4,6-10,12-13,15H2,1-2H3. The van der Waals surface area contributed by atoms with Crippen LogP contribution in [0.3, 0.4) is 0 Å². The fourth-order valence-electron chi connectivity index (χ4n) is 4.95. The number of aryl methyl sites for hydroxylation is 2. The monoisotopic (exact) mass is 435 g/mol. The molecule has 3 aromatic heterocycles. The Labute approximate surface area is 187 Å². The normalized spacial score (nSPS) is 21.1. The Kier molecular flexibility index (Phi) is 5.53. The Morgan fingerprint density at radius 1 is 1.25 bits per heavy atom. The number of hydrogen-bond acceptors (Lipinski definition) is 7. The molecule has 168 valence electrons. The third-order valence-electron chi connectivity index (χ3n) is 6.88. The van der Waals surface area contributed by atoms with Crippen molar-refractivity contribution in [2.75, 3.05) is 13.1 Å². The van der Waals surface area contributed by atoms with E-state index in [1.165, 1.54) is 12.8 Å². The molecular weight excluding hydrogens is 406 g/mol. The average Bonchev–Trinajstić information content (AvgIpc) is 3.36. The summed E-state index contributed by atoms with van der Waals surface area (Å²) in [6.45, 7) is 5.25. The maximum atomic E-state index is 13.2. The van der Waals surface area contributed by atoms with E-state index in [4.69, 9.17) is 14.0 Å². The lowest BCUT2D eigenvalue weighted by molar-refractivity contribution is -0.133. The lowest BCUT2D eigenvalue weighted by Gasteiger charge is -2.41. The molecule has 2 fully saturated rings. The predicted octanol–water partition coefficient (Wildman–Crippen LogP) is 4.03. The minimum absolute atomic E-state index is 0.167. The summed E-state index contributed by atoms with van der Waals surface area (Å²) in [4.78, 5) is 24.1. The van der Waals surface area contributed by atoms with E-state index in [0.29, 0.717) is 31.2 Å². The van der Waals surface area contributed by atoms with E-state index in [1.807, 2.05) is 30.9 Å². The van der Waals surface area contributed by atoms with E-state index in [9.17, 15) is 4.79 Å². The van der Waals surface area contributed by atoms with Crippen molar-refractivity contribution in [3.05, 3.63) is 47.4 Å². The molecule has 0 aromatic carbocycles. The first kappa shape index (κ1) is 20.8. The minimum Gasteiger partial charge on any atom is -0.361 e. The first-order chi connectivity index (χ1) is 15.5. The molecule has 0 N–H and O–H groups in total. The Hall–Kier alpha value is -3.03. The summed E-state index contributed by atoms with van der Waals surface area (Å²) < 4.78 is 10.9. The van der Waals surface area contributed by atoms with Gasteiger partial charge in [0.2, 0.25) is 5.91 Å². The van der Waals surface area contributed by atoms with E-state index in [-0.39, 0.29) is 11.3 Å². The summed E-state index contributed by atoms with van der Waals surface area (Å²) in [6.07, 6.45) is 9.98. The highest BCUT2D eigenvalue weighted by atomic mass is 16.5. The van der Waals surface area contributed by atoms with Gasteiger partial charge in [0.05, 0.1) is 16.7 Å². The van der Waals surface area contributed by atoms with E-state index < -0.39 is 0 Å². The summed E-state index contributed by atoms with van der Waals surface area (Å²) in [7, 11) is 0. The molecule has 1 saturated carbocycles. The second-order valence-electron chi connectivity index (χ2n) is 9.31. The zero-order valence-electron chi connectivity index (χ0n) is 18.7. The van der Waals surface area contributed by atoms with Gasteiger partial charge in [0.15, 0.2) is 5.82 Å². The number of likely N-dealkylation sites (tertiary alicyclic amines) is 1. The van der Waals surface area contributed by atoms with Crippen molar-refractivity contribution < 1.29 is 13.8 Å². The largest absolute Gasteiger partial charge is 0.361 e. The van der Waals surface area contributed by atoms with Crippen molar-refractivity contribution in [2.24, 2.45) is 5.92 Å². The highest BCUT2D eigenvalue weighted by Crippen LogP contribution is 2.46. The minimum atomic E-state index is -0.248. The molecule has 32 heavy (non-hydrogen) atoms. The van der Waals surface area contributed by atoms with Gasteiger partial charge in [-0.1, -0.05) is 23.2 Å². The second kappa shape index (κ2) is 8.48. The van der Waals surface area contributed by atoms with Gasteiger partial charge in [0, 0.05) is 37.5 Å². The highest BCUT2D eigenvalue weighted by molar-refractivity contribution is 5.76. The number of carbonyl (C=O) groups is 1. The first-order valence-electron chi connectivity index (χ1n) is 11.5. The summed E-state index contributed by atoms with van der Waals surface area (Å²) in [5.41, 5.74) is 2.48. The molecule has 0 spiro atoms. The number of rotatable bonds is 7. The lowest BCUT2D eigenvalue weighted by atomic mass is 9.74. The molecule has 3 aromatic rings. The average molecular weight is 436 g/mol. The van der Waals surface area contributed by atoms with Crippen LogP contribution in [-0.4, -0.2) is 44.2 Å². The third-order valence-corrected chi connectivity index (χ3v) is 6.88. The van der Waals surface area contributed by atoms with Gasteiger partial charge >= 0.3 is 0 Å². The quantitative estimate of drug-likeness (QED) is 0.552.